The number of hydrogen-bond donors (Lipinski definition) is 1. The summed E-state index contributed by atoms with van der Waals surface area (Å²) in [6, 6.07) is 15.2. The number of carbonyl (C=O) groups is 1. The molecule has 2 aromatic carbocycles. The molecule has 2 aliphatic rings. The monoisotopic (exact) mass is 508 g/mol. The minimum atomic E-state index is -5.59. The van der Waals surface area contributed by atoms with Crippen LogP contribution in [0, 0.1) is 5.41 Å². The van der Waals surface area contributed by atoms with Crippen molar-refractivity contribution in [2.75, 3.05) is 23.3 Å². The molecule has 2 fully saturated rings. The second kappa shape index (κ2) is 9.52. The molecule has 1 amide bonds. The van der Waals surface area contributed by atoms with Crippen LogP contribution in [0.5, 0.6) is 0 Å². The number of anilines is 2. The molecular weight excluding hydrogens is 481 g/mol. The second-order valence-corrected chi connectivity index (χ2v) is 10.7. The zero-order chi connectivity index (χ0) is 25.3. The van der Waals surface area contributed by atoms with Gasteiger partial charge in [0.25, 0.3) is 5.91 Å². The van der Waals surface area contributed by atoms with Crippen LogP contribution in [0.15, 0.2) is 59.7 Å². The van der Waals surface area contributed by atoms with Crippen LogP contribution in [0.1, 0.15) is 37.7 Å². The molecule has 0 atom stereocenters. The summed E-state index contributed by atoms with van der Waals surface area (Å²) in [5.74, 6) is -0.283. The van der Waals surface area contributed by atoms with Crippen molar-refractivity contribution in [3.8, 4) is 0 Å². The SMILES string of the molecule is CN(/N=C1/C(=O)N(Cc2ccccc2NS(=O)(=O)C(F)(F)F)CCC12CCCC2)c1ccccc1. The number of hydrogen-bond acceptors (Lipinski definition) is 5. The van der Waals surface area contributed by atoms with E-state index in [1.165, 1.54) is 23.1 Å². The van der Waals surface area contributed by atoms with Crippen molar-refractivity contribution >= 4 is 33.0 Å². The van der Waals surface area contributed by atoms with Crippen molar-refractivity contribution in [2.45, 2.75) is 44.2 Å². The van der Waals surface area contributed by atoms with Gasteiger partial charge in [0.15, 0.2) is 0 Å². The first kappa shape index (κ1) is 25.0. The fourth-order valence-corrected chi connectivity index (χ4v) is 5.41. The maximum absolute atomic E-state index is 13.7. The molecule has 0 unspecified atom stereocenters. The summed E-state index contributed by atoms with van der Waals surface area (Å²) in [5, 5.41) is 6.40. The highest BCUT2D eigenvalue weighted by molar-refractivity contribution is 7.93. The summed E-state index contributed by atoms with van der Waals surface area (Å²) in [6.07, 6.45) is 4.41. The van der Waals surface area contributed by atoms with E-state index in [2.05, 4.69) is 0 Å². The highest BCUT2D eigenvalue weighted by Crippen LogP contribution is 2.45. The predicted molar refractivity (Wildman–Crippen MR) is 128 cm³/mol. The zero-order valence-corrected chi connectivity index (χ0v) is 20.1. The summed E-state index contributed by atoms with van der Waals surface area (Å²) in [6.45, 7) is 0.368. The van der Waals surface area contributed by atoms with Crippen LogP contribution >= 0.6 is 0 Å². The number of carbonyl (C=O) groups excluding carboxylic acids is 1. The third-order valence-electron chi connectivity index (χ3n) is 6.72. The van der Waals surface area contributed by atoms with Crippen molar-refractivity contribution < 1.29 is 26.4 Å². The Hall–Kier alpha value is -3.08. The number of para-hydroxylation sites is 2. The summed E-state index contributed by atoms with van der Waals surface area (Å²) in [5.41, 5.74) is -4.44. The third kappa shape index (κ3) is 5.14. The fraction of sp³-hybridized carbons (Fsp3) is 0.417. The first-order valence-electron chi connectivity index (χ1n) is 11.4. The molecule has 0 radical (unpaired) electrons. The molecule has 2 aromatic rings. The minimum Gasteiger partial charge on any atom is -0.333 e. The van der Waals surface area contributed by atoms with Crippen molar-refractivity contribution in [1.82, 2.24) is 4.90 Å². The molecule has 1 N–H and O–H groups in total. The molecule has 1 spiro atoms. The number of benzene rings is 2. The van der Waals surface area contributed by atoms with Crippen molar-refractivity contribution in [3.05, 3.63) is 60.2 Å². The molecule has 35 heavy (non-hydrogen) atoms. The van der Waals surface area contributed by atoms with Gasteiger partial charge in [0.05, 0.1) is 11.4 Å². The lowest BCUT2D eigenvalue weighted by Crippen LogP contribution is -2.51. The fourth-order valence-electron chi connectivity index (χ4n) is 4.80. The largest absolute Gasteiger partial charge is 0.516 e. The Morgan fingerprint density at radius 3 is 2.31 bits per heavy atom. The summed E-state index contributed by atoms with van der Waals surface area (Å²) in [7, 11) is -3.81. The maximum atomic E-state index is 13.7. The van der Waals surface area contributed by atoms with Gasteiger partial charge in [0.1, 0.15) is 5.71 Å². The number of rotatable bonds is 6. The highest BCUT2D eigenvalue weighted by atomic mass is 32.2. The van der Waals surface area contributed by atoms with E-state index in [0.717, 1.165) is 31.4 Å². The molecule has 1 saturated carbocycles. The molecule has 7 nitrogen and oxygen atoms in total. The quantitative estimate of drug-likeness (QED) is 0.572. The second-order valence-electron chi connectivity index (χ2n) is 8.98. The van der Waals surface area contributed by atoms with Gasteiger partial charge in [-0.05, 0) is 43.0 Å². The van der Waals surface area contributed by atoms with Gasteiger partial charge >= 0.3 is 15.5 Å². The molecule has 188 valence electrons. The van der Waals surface area contributed by atoms with E-state index in [4.69, 9.17) is 5.10 Å². The highest BCUT2D eigenvalue weighted by Gasteiger charge is 2.48. The lowest BCUT2D eigenvalue weighted by molar-refractivity contribution is -0.127. The number of amides is 1. The van der Waals surface area contributed by atoms with Crippen LogP contribution in [0.4, 0.5) is 24.5 Å². The molecule has 11 heteroatoms. The average Bonchev–Trinajstić information content (AvgIpc) is 3.29. The van der Waals surface area contributed by atoms with Crippen LogP contribution in [0.25, 0.3) is 0 Å². The van der Waals surface area contributed by atoms with Crippen LogP contribution in [-0.2, 0) is 21.4 Å². The number of nitrogens with one attached hydrogen (secondary N) is 1. The smallest absolute Gasteiger partial charge is 0.333 e. The number of hydrazone groups is 1. The van der Waals surface area contributed by atoms with Gasteiger partial charge in [-0.3, -0.25) is 14.5 Å². The number of sulfonamides is 1. The van der Waals surface area contributed by atoms with Crippen LogP contribution in [0.2, 0.25) is 0 Å². The molecule has 4 rings (SSSR count). The first-order valence-corrected chi connectivity index (χ1v) is 12.8. The van der Waals surface area contributed by atoms with E-state index >= 15 is 0 Å². The van der Waals surface area contributed by atoms with Gasteiger partial charge in [0, 0.05) is 25.6 Å². The van der Waals surface area contributed by atoms with Gasteiger partial charge in [-0.2, -0.15) is 26.7 Å². The number of nitrogens with zero attached hydrogens (tertiary/aromatic N) is 3. The zero-order valence-electron chi connectivity index (χ0n) is 19.3. The Balaban J connectivity index is 1.62. The van der Waals surface area contributed by atoms with Gasteiger partial charge < -0.3 is 4.90 Å². The Bertz CT molecular complexity index is 1210. The van der Waals surface area contributed by atoms with Crippen LogP contribution in [0.3, 0.4) is 0 Å². The molecule has 1 aliphatic carbocycles. The maximum Gasteiger partial charge on any atom is 0.516 e. The first-order chi connectivity index (χ1) is 16.5. The Labute approximate surface area is 202 Å². The minimum absolute atomic E-state index is 0.0421. The molecule has 1 saturated heterocycles. The van der Waals surface area contributed by atoms with Crippen molar-refractivity contribution in [1.29, 1.82) is 0 Å². The van der Waals surface area contributed by atoms with Crippen LogP contribution < -0.4 is 9.73 Å². The summed E-state index contributed by atoms with van der Waals surface area (Å²) >= 11 is 0. The average molecular weight is 509 g/mol. The third-order valence-corrected chi connectivity index (χ3v) is 7.82. The molecule has 0 aromatic heterocycles. The van der Waals surface area contributed by atoms with Gasteiger partial charge in [-0.1, -0.05) is 49.2 Å². The predicted octanol–water partition coefficient (Wildman–Crippen LogP) is 4.73. The molecule has 1 aliphatic heterocycles. The number of halogens is 3. The summed E-state index contributed by atoms with van der Waals surface area (Å²) in [4.78, 5) is 15.2. The van der Waals surface area contributed by atoms with Crippen molar-refractivity contribution in [3.63, 3.8) is 0 Å². The Morgan fingerprint density at radius 1 is 1.03 bits per heavy atom. The topological polar surface area (TPSA) is 82.1 Å². The number of likely N-dealkylation sites (tertiary alicyclic amines) is 1. The number of piperidine rings is 1. The van der Waals surface area contributed by atoms with E-state index < -0.39 is 15.5 Å². The molecule has 1 heterocycles. The number of alkyl halides is 3. The van der Waals surface area contributed by atoms with E-state index in [-0.39, 0.29) is 29.1 Å². The lowest BCUT2D eigenvalue weighted by Gasteiger charge is -2.40. The van der Waals surface area contributed by atoms with Gasteiger partial charge in [-0.15, -0.1) is 0 Å². The van der Waals surface area contributed by atoms with E-state index in [0.29, 0.717) is 18.7 Å². The molecular formula is C24H27F3N4O3S. The van der Waals surface area contributed by atoms with Gasteiger partial charge in [-0.25, -0.2) is 0 Å². The van der Waals surface area contributed by atoms with Crippen molar-refractivity contribution in [2.24, 2.45) is 10.5 Å². The molecule has 0 bridgehead atoms. The Morgan fingerprint density at radius 2 is 1.66 bits per heavy atom. The normalized spacial score (nSPS) is 19.4. The lowest BCUT2D eigenvalue weighted by atomic mass is 9.75. The van der Waals surface area contributed by atoms with E-state index in [1.54, 1.807) is 22.8 Å². The van der Waals surface area contributed by atoms with E-state index in [1.807, 2.05) is 30.3 Å². The Kier molecular flexibility index (Phi) is 6.81. The standard InChI is InChI=1S/C24H27F3N4O3S/c1-30(19-10-3-2-4-11-19)28-21-22(32)31(16-15-23(21)13-7-8-14-23)17-18-9-5-6-12-20(18)29-35(33,34)24(25,26)27/h2-6,9-12,29H,7-8,13-17H2,1H3/b28-21-. The van der Waals surface area contributed by atoms with Crippen LogP contribution in [-0.4, -0.2) is 44.0 Å². The summed E-state index contributed by atoms with van der Waals surface area (Å²) < 4.78 is 63.7. The van der Waals surface area contributed by atoms with E-state index in [9.17, 15) is 26.4 Å². The van der Waals surface area contributed by atoms with Gasteiger partial charge in [0.2, 0.25) is 0 Å².